The number of hydrogen-bond donors (Lipinski definition) is 2. The maximum absolute atomic E-state index is 13.1. The van der Waals surface area contributed by atoms with Crippen LogP contribution in [0.4, 0.5) is 17.6 Å². The van der Waals surface area contributed by atoms with Gasteiger partial charge in [-0.3, -0.25) is 4.99 Å². The summed E-state index contributed by atoms with van der Waals surface area (Å²) < 4.78 is 52.0. The first kappa shape index (κ1) is 17.8. The number of halogens is 4. The SMILES string of the molecule is CN=C(NCc1ccccc1)NCc1ccc(F)cc1C(F)(F)F. The molecule has 0 aliphatic heterocycles. The molecule has 0 aromatic heterocycles. The Bertz CT molecular complexity index is 697. The fourth-order valence-corrected chi connectivity index (χ4v) is 2.15. The van der Waals surface area contributed by atoms with Crippen molar-refractivity contribution in [1.29, 1.82) is 0 Å². The summed E-state index contributed by atoms with van der Waals surface area (Å²) in [5.41, 5.74) is -0.0294. The molecule has 7 heteroatoms. The Morgan fingerprint density at radius 3 is 2.29 bits per heavy atom. The van der Waals surface area contributed by atoms with Crippen molar-refractivity contribution in [3.63, 3.8) is 0 Å². The minimum absolute atomic E-state index is 0.0495. The number of alkyl halides is 3. The summed E-state index contributed by atoms with van der Waals surface area (Å²) in [5, 5.41) is 5.81. The van der Waals surface area contributed by atoms with Crippen LogP contribution in [0.15, 0.2) is 53.5 Å². The fraction of sp³-hybridized carbons (Fsp3) is 0.235. The van der Waals surface area contributed by atoms with E-state index in [2.05, 4.69) is 15.6 Å². The van der Waals surface area contributed by atoms with Crippen molar-refractivity contribution in [3.05, 3.63) is 71.0 Å². The Labute approximate surface area is 137 Å². The van der Waals surface area contributed by atoms with E-state index in [1.54, 1.807) is 0 Å². The molecule has 0 bridgehead atoms. The fourth-order valence-electron chi connectivity index (χ4n) is 2.15. The van der Waals surface area contributed by atoms with Crippen molar-refractivity contribution in [2.75, 3.05) is 7.05 Å². The van der Waals surface area contributed by atoms with Gasteiger partial charge in [0.25, 0.3) is 0 Å². The van der Waals surface area contributed by atoms with E-state index >= 15 is 0 Å². The number of aliphatic imine (C=N–C) groups is 1. The molecule has 128 valence electrons. The Balaban J connectivity index is 2.01. The summed E-state index contributed by atoms with van der Waals surface area (Å²) >= 11 is 0. The van der Waals surface area contributed by atoms with E-state index in [1.165, 1.54) is 7.05 Å². The smallest absolute Gasteiger partial charge is 0.352 e. The molecule has 3 nitrogen and oxygen atoms in total. The van der Waals surface area contributed by atoms with Crippen molar-refractivity contribution in [1.82, 2.24) is 10.6 Å². The monoisotopic (exact) mass is 339 g/mol. The molecule has 24 heavy (non-hydrogen) atoms. The second kappa shape index (κ2) is 7.81. The molecule has 0 atom stereocenters. The largest absolute Gasteiger partial charge is 0.416 e. The third kappa shape index (κ3) is 4.97. The lowest BCUT2D eigenvalue weighted by atomic mass is 10.1. The standard InChI is InChI=1S/C17H17F4N3/c1-22-16(23-10-12-5-3-2-4-6-12)24-11-13-7-8-14(18)9-15(13)17(19,20)21/h2-9H,10-11H2,1H3,(H2,22,23,24). The molecule has 2 rings (SSSR count). The number of hydrogen-bond acceptors (Lipinski definition) is 1. The van der Waals surface area contributed by atoms with Crippen molar-refractivity contribution in [3.8, 4) is 0 Å². The maximum Gasteiger partial charge on any atom is 0.416 e. The topological polar surface area (TPSA) is 36.4 Å². The Morgan fingerprint density at radius 1 is 1.00 bits per heavy atom. The van der Waals surface area contributed by atoms with Gasteiger partial charge in [0.2, 0.25) is 0 Å². The van der Waals surface area contributed by atoms with E-state index in [4.69, 9.17) is 0 Å². The van der Waals surface area contributed by atoms with E-state index in [9.17, 15) is 17.6 Å². The molecule has 0 spiro atoms. The molecule has 2 N–H and O–H groups in total. The van der Waals surface area contributed by atoms with Crippen LogP contribution in [-0.4, -0.2) is 13.0 Å². The van der Waals surface area contributed by atoms with E-state index < -0.39 is 17.6 Å². The van der Waals surface area contributed by atoms with Crippen molar-refractivity contribution < 1.29 is 17.6 Å². The predicted molar refractivity (Wildman–Crippen MR) is 84.9 cm³/mol. The third-order valence-corrected chi connectivity index (χ3v) is 3.35. The molecule has 0 unspecified atom stereocenters. The van der Waals surface area contributed by atoms with E-state index in [-0.39, 0.29) is 12.1 Å². The van der Waals surface area contributed by atoms with Crippen molar-refractivity contribution >= 4 is 5.96 Å². The average molecular weight is 339 g/mol. The molecule has 0 aliphatic carbocycles. The Hall–Kier alpha value is -2.57. The van der Waals surface area contributed by atoms with Crippen LogP contribution in [0.25, 0.3) is 0 Å². The number of benzene rings is 2. The lowest BCUT2D eigenvalue weighted by Crippen LogP contribution is -2.36. The Kier molecular flexibility index (Phi) is 5.78. The van der Waals surface area contributed by atoms with Crippen molar-refractivity contribution in [2.45, 2.75) is 19.3 Å². The maximum atomic E-state index is 13.1. The van der Waals surface area contributed by atoms with E-state index in [0.717, 1.165) is 17.7 Å². The molecule has 0 aliphatic rings. The minimum atomic E-state index is -4.61. The van der Waals surface area contributed by atoms with Crippen molar-refractivity contribution in [2.24, 2.45) is 4.99 Å². The molecular formula is C17H17F4N3. The summed E-state index contributed by atoms with van der Waals surface area (Å²) in [5.74, 6) is -0.561. The molecule has 0 saturated carbocycles. The number of rotatable bonds is 4. The molecule has 0 amide bonds. The highest BCUT2D eigenvalue weighted by atomic mass is 19.4. The van der Waals surface area contributed by atoms with Gasteiger partial charge < -0.3 is 10.6 Å². The van der Waals surface area contributed by atoms with Crippen LogP contribution in [0.3, 0.4) is 0 Å². The first-order valence-electron chi connectivity index (χ1n) is 7.24. The summed E-state index contributed by atoms with van der Waals surface area (Å²) in [4.78, 5) is 3.97. The zero-order valence-electron chi connectivity index (χ0n) is 13.0. The van der Waals surface area contributed by atoms with Crippen LogP contribution in [-0.2, 0) is 19.3 Å². The number of nitrogens with zero attached hydrogens (tertiary/aromatic N) is 1. The van der Waals surface area contributed by atoms with Gasteiger partial charge in [-0.05, 0) is 23.3 Å². The molecular weight excluding hydrogens is 322 g/mol. The normalized spacial score (nSPS) is 12.1. The lowest BCUT2D eigenvalue weighted by molar-refractivity contribution is -0.138. The van der Waals surface area contributed by atoms with Crippen LogP contribution in [0.2, 0.25) is 0 Å². The van der Waals surface area contributed by atoms with Gasteiger partial charge in [0.05, 0.1) is 5.56 Å². The molecule has 0 radical (unpaired) electrons. The quantitative estimate of drug-likeness (QED) is 0.506. The van der Waals surface area contributed by atoms with Gasteiger partial charge in [-0.25, -0.2) is 4.39 Å². The second-order valence-corrected chi connectivity index (χ2v) is 5.06. The van der Waals surface area contributed by atoms with Gasteiger partial charge >= 0.3 is 6.18 Å². The van der Waals surface area contributed by atoms with Crippen LogP contribution >= 0.6 is 0 Å². The first-order valence-corrected chi connectivity index (χ1v) is 7.24. The number of nitrogens with one attached hydrogen (secondary N) is 2. The lowest BCUT2D eigenvalue weighted by Gasteiger charge is -2.16. The first-order chi connectivity index (χ1) is 11.4. The molecule has 2 aromatic carbocycles. The molecule has 0 saturated heterocycles. The van der Waals surface area contributed by atoms with Crippen LogP contribution in [0, 0.1) is 5.82 Å². The highest BCUT2D eigenvalue weighted by Gasteiger charge is 2.33. The van der Waals surface area contributed by atoms with Gasteiger partial charge in [-0.2, -0.15) is 13.2 Å². The van der Waals surface area contributed by atoms with Gasteiger partial charge in [-0.15, -0.1) is 0 Å². The zero-order valence-corrected chi connectivity index (χ0v) is 13.0. The molecule has 0 fully saturated rings. The Morgan fingerprint density at radius 2 is 1.67 bits per heavy atom. The minimum Gasteiger partial charge on any atom is -0.352 e. The summed E-state index contributed by atoms with van der Waals surface area (Å²) in [6.07, 6.45) is -4.61. The average Bonchev–Trinajstić information content (AvgIpc) is 2.56. The van der Waals surface area contributed by atoms with Crippen LogP contribution in [0.5, 0.6) is 0 Å². The molecule has 2 aromatic rings. The van der Waals surface area contributed by atoms with Gasteiger partial charge in [0, 0.05) is 20.1 Å². The molecule has 0 heterocycles. The van der Waals surface area contributed by atoms with Gasteiger partial charge in [0.1, 0.15) is 5.82 Å². The van der Waals surface area contributed by atoms with Gasteiger partial charge in [0.15, 0.2) is 5.96 Å². The summed E-state index contributed by atoms with van der Waals surface area (Å²) in [7, 11) is 1.52. The highest BCUT2D eigenvalue weighted by molar-refractivity contribution is 5.79. The summed E-state index contributed by atoms with van der Waals surface area (Å²) in [6.45, 7) is 0.361. The second-order valence-electron chi connectivity index (χ2n) is 5.06. The van der Waals surface area contributed by atoms with Crippen LogP contribution in [0.1, 0.15) is 16.7 Å². The highest BCUT2D eigenvalue weighted by Crippen LogP contribution is 2.32. The van der Waals surface area contributed by atoms with E-state index in [1.807, 2.05) is 30.3 Å². The number of guanidine groups is 1. The van der Waals surface area contributed by atoms with Crippen LogP contribution < -0.4 is 10.6 Å². The third-order valence-electron chi connectivity index (χ3n) is 3.35. The summed E-state index contributed by atoms with van der Waals surface area (Å²) in [6, 6.07) is 12.1. The zero-order chi connectivity index (χ0) is 17.6. The van der Waals surface area contributed by atoms with E-state index in [0.29, 0.717) is 18.6 Å². The van der Waals surface area contributed by atoms with Gasteiger partial charge in [-0.1, -0.05) is 36.4 Å². The predicted octanol–water partition coefficient (Wildman–Crippen LogP) is 3.71.